The molecule has 100 heavy (non-hydrogen) atoms. The summed E-state index contributed by atoms with van der Waals surface area (Å²) in [4.78, 5) is 96.5. The Morgan fingerprint density at radius 2 is 0.840 bits per heavy atom. The molecule has 0 radical (unpaired) electrons. The van der Waals surface area contributed by atoms with Crippen LogP contribution in [0.2, 0.25) is 0 Å². The molecule has 3 N–H and O–H groups in total. The zero-order valence-electron chi connectivity index (χ0n) is 60.4. The summed E-state index contributed by atoms with van der Waals surface area (Å²) >= 11 is 0. The van der Waals surface area contributed by atoms with E-state index in [0.717, 1.165) is 53.1 Å². The summed E-state index contributed by atoms with van der Waals surface area (Å²) in [7, 11) is -6.07. The Kier molecular flexibility index (Phi) is 29.8. The summed E-state index contributed by atoms with van der Waals surface area (Å²) in [5.41, 5.74) is -1.58. The highest BCUT2D eigenvalue weighted by atomic mass is 32.2. The number of carboxylic acid groups (broad SMARTS) is 3. The number of carbonyl (C=O) groups excluding carboxylic acids is 5. The summed E-state index contributed by atoms with van der Waals surface area (Å²) in [6.07, 6.45) is 5.11. The molecular formula is C71H100BF3N4O20S. The average molecular weight is 1430 g/mol. The Bertz CT molecular complexity index is 3450. The molecule has 3 saturated heterocycles. The maximum atomic E-state index is 12.2. The van der Waals surface area contributed by atoms with E-state index in [1.807, 2.05) is 157 Å². The van der Waals surface area contributed by atoms with Gasteiger partial charge in [-0.1, -0.05) is 78.9 Å². The molecule has 3 aromatic carbocycles. The van der Waals surface area contributed by atoms with Gasteiger partial charge in [-0.3, -0.25) is 19.2 Å². The Morgan fingerprint density at radius 1 is 0.500 bits per heavy atom. The summed E-state index contributed by atoms with van der Waals surface area (Å²) in [6, 6.07) is 22.6. The number of carbonyl (C=O) groups is 8. The van der Waals surface area contributed by atoms with Gasteiger partial charge in [-0.25, -0.2) is 19.2 Å². The van der Waals surface area contributed by atoms with Crippen molar-refractivity contribution in [2.24, 2.45) is 0 Å². The molecule has 8 rings (SSSR count). The van der Waals surface area contributed by atoms with Crippen molar-refractivity contribution >= 4 is 76.3 Å². The highest BCUT2D eigenvalue weighted by Gasteiger charge is 2.52. The number of ketones is 1. The van der Waals surface area contributed by atoms with Crippen molar-refractivity contribution in [2.75, 3.05) is 52.4 Å². The van der Waals surface area contributed by atoms with Crippen LogP contribution in [-0.4, -0.2) is 190 Å². The number of hydrogen-bond acceptors (Lipinski definition) is 17. The second-order valence-electron chi connectivity index (χ2n) is 29.5. The predicted octanol–water partition coefficient (Wildman–Crippen LogP) is 12.3. The molecule has 0 spiro atoms. The van der Waals surface area contributed by atoms with E-state index in [9.17, 15) is 59.9 Å². The SMILES string of the molecule is CC(C)(C)OC(=O)N1CC=C(OS(=O)(=O)C(F)(F)F)CC1.CC(C)(C)OC(=O)N1CC=C(c2ccc(CC(=O)O)cc2)CC1.CC(C)(C)OC(=O)N1CCC(=O)CC1.CC(C)(C)OC(=O)N1CCC(c2ccc(CC(=O)O)cc2)CC1.CC1(C)OB(c2ccc(CC(=O)O)cc2)OC1(C)C. The Hall–Kier alpha value is -8.18. The number of alkyl halides is 3. The maximum Gasteiger partial charge on any atom is 0.534 e. The normalized spacial score (nSPS) is 17.3. The van der Waals surface area contributed by atoms with Gasteiger partial charge in [0.25, 0.3) is 0 Å². The number of ether oxygens (including phenoxy) is 4. The second-order valence-corrected chi connectivity index (χ2v) is 31.0. The first-order valence-corrected chi connectivity index (χ1v) is 34.4. The summed E-state index contributed by atoms with van der Waals surface area (Å²) in [5, 5.41) is 26.3. The molecule has 3 fully saturated rings. The van der Waals surface area contributed by atoms with E-state index in [0.29, 0.717) is 58.0 Å². The van der Waals surface area contributed by atoms with E-state index in [1.54, 1.807) is 47.6 Å². The van der Waals surface area contributed by atoms with Gasteiger partial charge in [0.2, 0.25) is 0 Å². The molecule has 3 aromatic rings. The number of rotatable bonds is 11. The fourth-order valence-electron chi connectivity index (χ4n) is 9.86. The Balaban J connectivity index is 0.000000268. The van der Waals surface area contributed by atoms with Crippen LogP contribution in [0.3, 0.4) is 0 Å². The molecule has 4 amide bonds. The number of carboxylic acids is 3. The zero-order valence-corrected chi connectivity index (χ0v) is 61.2. The minimum Gasteiger partial charge on any atom is -0.481 e. The number of aliphatic carboxylic acids is 3. The molecule has 0 bridgehead atoms. The van der Waals surface area contributed by atoms with E-state index in [2.05, 4.69) is 4.18 Å². The van der Waals surface area contributed by atoms with Crippen molar-refractivity contribution in [3.05, 3.63) is 119 Å². The van der Waals surface area contributed by atoms with Crippen LogP contribution in [-0.2, 0) is 81.0 Å². The second kappa shape index (κ2) is 35.4. The van der Waals surface area contributed by atoms with E-state index in [1.165, 1.54) is 16.0 Å². The monoisotopic (exact) mass is 1430 g/mol. The highest BCUT2D eigenvalue weighted by molar-refractivity contribution is 7.87. The topological polar surface area (TPSA) is 309 Å². The molecule has 0 atom stereocenters. The standard InChI is InChI=1S/C18H25NO4.C18H23NO4.C14H19BO4.C11H16F3NO5S.C10H17NO3/c2*1-18(2,3)23-17(22)19-10-8-15(9-11-19)14-6-4-13(5-7-14)12-16(20)21;1-13(2)14(3,4)19-15(18-13)11-7-5-10(6-8-11)9-12(16)17;1-10(2,3)19-9(16)15-6-4-8(5-7-15)20-21(17,18)11(12,13)14;1-10(2,3)14-9(13)11-6-4-8(12)5-7-11/h4-7,15H,8-12H2,1-3H3,(H,20,21);4-8H,9-12H2,1-3H3,(H,20,21);5-8H,9H2,1-4H3,(H,16,17);4H,5-7H2,1-3H3;4-7H2,1-3H3. The lowest BCUT2D eigenvalue weighted by Crippen LogP contribution is -2.41. The highest BCUT2D eigenvalue weighted by Crippen LogP contribution is 2.37. The first-order valence-electron chi connectivity index (χ1n) is 33.0. The Labute approximate surface area is 585 Å². The van der Waals surface area contributed by atoms with Crippen LogP contribution in [0.4, 0.5) is 32.3 Å². The van der Waals surface area contributed by atoms with E-state index in [-0.39, 0.29) is 79.8 Å². The number of halogens is 3. The van der Waals surface area contributed by atoms with Crippen LogP contribution in [0.25, 0.3) is 5.57 Å². The molecule has 24 nitrogen and oxygen atoms in total. The van der Waals surface area contributed by atoms with Crippen molar-refractivity contribution in [3.8, 4) is 0 Å². The van der Waals surface area contributed by atoms with E-state index >= 15 is 0 Å². The molecule has 5 aliphatic rings. The molecule has 554 valence electrons. The summed E-state index contributed by atoms with van der Waals surface area (Å²) < 4.78 is 95.0. The summed E-state index contributed by atoms with van der Waals surface area (Å²) in [6.45, 7) is 33.2. The maximum absolute atomic E-state index is 12.2. The first-order chi connectivity index (χ1) is 45.9. The van der Waals surface area contributed by atoms with Crippen molar-refractivity contribution in [3.63, 3.8) is 0 Å². The van der Waals surface area contributed by atoms with Crippen molar-refractivity contribution in [2.45, 2.75) is 214 Å². The minimum absolute atomic E-state index is 0.00806. The summed E-state index contributed by atoms with van der Waals surface area (Å²) in [5.74, 6) is -2.18. The largest absolute Gasteiger partial charge is 0.534 e. The first kappa shape index (κ1) is 84.2. The zero-order chi connectivity index (χ0) is 75.6. The molecule has 5 heterocycles. The van der Waals surface area contributed by atoms with Gasteiger partial charge >= 0.3 is 65.0 Å². The van der Waals surface area contributed by atoms with E-state index < -0.39 is 69.2 Å². The third-order valence-corrected chi connectivity index (χ3v) is 16.6. The minimum atomic E-state index is -5.67. The Morgan fingerprint density at radius 3 is 1.18 bits per heavy atom. The number of benzene rings is 3. The quantitative estimate of drug-likeness (QED) is 0.0695. The molecule has 0 saturated carbocycles. The van der Waals surface area contributed by atoms with Crippen LogP contribution >= 0.6 is 0 Å². The van der Waals surface area contributed by atoms with Crippen molar-refractivity contribution in [1.82, 2.24) is 19.6 Å². The number of piperidine rings is 2. The van der Waals surface area contributed by atoms with Gasteiger partial charge in [0.05, 0.1) is 30.5 Å². The van der Waals surface area contributed by atoms with Crippen LogP contribution in [0.1, 0.15) is 183 Å². The molecule has 0 unspecified atom stereocenters. The molecular weight excluding hydrogens is 1330 g/mol. The molecule has 0 aliphatic carbocycles. The van der Waals surface area contributed by atoms with Gasteiger partial charge in [0.1, 0.15) is 33.9 Å². The lowest BCUT2D eigenvalue weighted by Gasteiger charge is -2.33. The fraction of sp³-hybridized carbons (Fsp3) is 0.577. The lowest BCUT2D eigenvalue weighted by atomic mass is 9.79. The van der Waals surface area contributed by atoms with Crippen LogP contribution in [0, 0.1) is 0 Å². The molecule has 5 aliphatic heterocycles. The lowest BCUT2D eigenvalue weighted by molar-refractivity contribution is -0.137. The van der Waals surface area contributed by atoms with Crippen molar-refractivity contribution in [1.29, 1.82) is 0 Å². The van der Waals surface area contributed by atoms with Gasteiger partial charge in [-0.15, -0.1) is 0 Å². The smallest absolute Gasteiger partial charge is 0.481 e. The average Bonchev–Trinajstić information content (AvgIpc) is 1.61. The van der Waals surface area contributed by atoms with E-state index in [4.69, 9.17) is 43.6 Å². The number of likely N-dealkylation sites (tertiary alicyclic amines) is 2. The number of hydrogen-bond donors (Lipinski definition) is 3. The van der Waals surface area contributed by atoms with Crippen molar-refractivity contribution < 1.29 is 108 Å². The van der Waals surface area contributed by atoms with Gasteiger partial charge in [-0.05, 0) is 181 Å². The van der Waals surface area contributed by atoms with Gasteiger partial charge in [-0.2, -0.15) is 21.6 Å². The predicted molar refractivity (Wildman–Crippen MR) is 368 cm³/mol. The van der Waals surface area contributed by atoms with Gasteiger partial charge in [0, 0.05) is 71.6 Å². The van der Waals surface area contributed by atoms with Crippen LogP contribution < -0.4 is 5.46 Å². The molecule has 29 heteroatoms. The van der Waals surface area contributed by atoms with Crippen LogP contribution in [0.15, 0.2) is 90.7 Å². The van der Waals surface area contributed by atoms with Crippen LogP contribution in [0.5, 0.6) is 0 Å². The fourth-order valence-corrected chi connectivity index (χ4v) is 10.4. The third kappa shape index (κ3) is 29.6. The van der Waals surface area contributed by atoms with Gasteiger partial charge < -0.3 is 67.4 Å². The number of nitrogens with zero attached hydrogens (tertiary/aromatic N) is 4. The number of Topliss-reactive ketones (excluding diaryl/α,β-unsaturated/α-hetero) is 1. The number of amides is 4. The third-order valence-electron chi connectivity index (χ3n) is 15.6. The van der Waals surface area contributed by atoms with Gasteiger partial charge in [0.15, 0.2) is 0 Å². The molecule has 0 aromatic heterocycles.